The van der Waals surface area contributed by atoms with Crippen LogP contribution in [0.5, 0.6) is 0 Å². The third-order valence-corrected chi connectivity index (χ3v) is 2.18. The lowest BCUT2D eigenvalue weighted by Gasteiger charge is -2.25. The molecule has 2 rings (SSSR count). The van der Waals surface area contributed by atoms with Gasteiger partial charge in [-0.05, 0) is 6.42 Å². The van der Waals surface area contributed by atoms with E-state index in [9.17, 15) is 0 Å². The molecule has 0 aromatic carbocycles. The van der Waals surface area contributed by atoms with Crippen LogP contribution in [-0.2, 0) is 0 Å². The predicted octanol–water partition coefficient (Wildman–Crippen LogP) is -0.0310. The monoisotopic (exact) mass is 98.1 g/mol. The Hall–Kier alpha value is -0.0800. The van der Waals surface area contributed by atoms with E-state index in [0.29, 0.717) is 5.54 Å². The molecular formula is C5H10N2. The van der Waals surface area contributed by atoms with Crippen LogP contribution in [0.2, 0.25) is 0 Å². The molecule has 0 spiro atoms. The van der Waals surface area contributed by atoms with Gasteiger partial charge >= 0.3 is 0 Å². The first-order valence-electron chi connectivity index (χ1n) is 2.88. The van der Waals surface area contributed by atoms with E-state index in [1.54, 1.807) is 0 Å². The summed E-state index contributed by atoms with van der Waals surface area (Å²) in [6, 6.07) is 0. The molecule has 2 fully saturated rings. The second kappa shape index (κ2) is 0.858. The second-order valence-corrected chi connectivity index (χ2v) is 2.50. The average Bonchev–Trinajstić information content (AvgIpc) is 2.12. The van der Waals surface area contributed by atoms with Crippen molar-refractivity contribution in [2.45, 2.75) is 18.9 Å². The van der Waals surface area contributed by atoms with Crippen LogP contribution in [0.15, 0.2) is 0 Å². The Morgan fingerprint density at radius 3 is 2.71 bits per heavy atom. The molecule has 2 aliphatic rings. The van der Waals surface area contributed by atoms with Gasteiger partial charge in [-0.2, -0.15) is 0 Å². The molecule has 0 aliphatic carbocycles. The molecule has 2 saturated heterocycles. The van der Waals surface area contributed by atoms with Crippen molar-refractivity contribution in [2.24, 2.45) is 0 Å². The summed E-state index contributed by atoms with van der Waals surface area (Å²) in [6.45, 7) is 4.77. The summed E-state index contributed by atoms with van der Waals surface area (Å²) < 4.78 is 0. The Kier molecular flexibility index (Phi) is 0.474. The van der Waals surface area contributed by atoms with Gasteiger partial charge in [-0.3, -0.25) is 5.43 Å². The molecule has 7 heavy (non-hydrogen) atoms. The predicted molar refractivity (Wildman–Crippen MR) is 27.7 cm³/mol. The van der Waals surface area contributed by atoms with Crippen molar-refractivity contribution in [2.75, 3.05) is 13.1 Å². The smallest absolute Gasteiger partial charge is 0.0631 e. The topological polar surface area (TPSA) is 15.0 Å². The second-order valence-electron chi connectivity index (χ2n) is 2.50. The Labute approximate surface area is 43.5 Å². The minimum absolute atomic E-state index is 0.653. The SMILES string of the molecule is CCC12CNN1C2. The lowest BCUT2D eigenvalue weighted by molar-refractivity contribution is 0.186. The Morgan fingerprint density at radius 2 is 2.71 bits per heavy atom. The lowest BCUT2D eigenvalue weighted by atomic mass is 10.1. The van der Waals surface area contributed by atoms with E-state index in [1.165, 1.54) is 19.5 Å². The average molecular weight is 98.1 g/mol. The number of fused-ring (bicyclic) bond motifs is 1. The molecule has 2 aliphatic heterocycles. The zero-order valence-electron chi connectivity index (χ0n) is 4.57. The number of hydrazine groups is 1. The van der Waals surface area contributed by atoms with Crippen LogP contribution in [-0.4, -0.2) is 23.6 Å². The number of rotatable bonds is 1. The molecule has 40 valence electrons. The molecule has 0 radical (unpaired) electrons. The van der Waals surface area contributed by atoms with E-state index >= 15 is 0 Å². The van der Waals surface area contributed by atoms with E-state index in [-0.39, 0.29) is 0 Å². The molecule has 0 bridgehead atoms. The van der Waals surface area contributed by atoms with E-state index in [2.05, 4.69) is 17.4 Å². The normalized spacial score (nSPS) is 55.3. The van der Waals surface area contributed by atoms with Crippen LogP contribution in [0, 0.1) is 0 Å². The molecule has 2 atom stereocenters. The zero-order valence-corrected chi connectivity index (χ0v) is 4.57. The van der Waals surface area contributed by atoms with Crippen LogP contribution in [0.3, 0.4) is 0 Å². The van der Waals surface area contributed by atoms with E-state index in [1.807, 2.05) is 0 Å². The largest absolute Gasteiger partial charge is 0.253 e. The fourth-order valence-corrected chi connectivity index (χ4v) is 1.21. The fraction of sp³-hybridized carbons (Fsp3) is 1.00. The summed E-state index contributed by atoms with van der Waals surface area (Å²) >= 11 is 0. The van der Waals surface area contributed by atoms with E-state index < -0.39 is 0 Å². The highest BCUT2D eigenvalue weighted by Gasteiger charge is 2.58. The maximum absolute atomic E-state index is 3.21. The molecule has 2 heterocycles. The molecule has 0 aromatic rings. The van der Waals surface area contributed by atoms with Gasteiger partial charge in [0.25, 0.3) is 0 Å². The van der Waals surface area contributed by atoms with Crippen LogP contribution < -0.4 is 5.43 Å². The molecule has 2 heteroatoms. The van der Waals surface area contributed by atoms with Crippen LogP contribution in [0.25, 0.3) is 0 Å². The molecule has 1 N–H and O–H groups in total. The Morgan fingerprint density at radius 1 is 1.86 bits per heavy atom. The molecular weight excluding hydrogens is 88.1 g/mol. The summed E-state index contributed by atoms with van der Waals surface area (Å²) in [4.78, 5) is 0. The van der Waals surface area contributed by atoms with E-state index in [4.69, 9.17) is 0 Å². The van der Waals surface area contributed by atoms with Gasteiger partial charge in [0, 0.05) is 13.1 Å². The number of hydrogen-bond donors (Lipinski definition) is 1. The number of nitrogens with one attached hydrogen (secondary N) is 1. The van der Waals surface area contributed by atoms with Crippen LogP contribution in [0.4, 0.5) is 0 Å². The van der Waals surface area contributed by atoms with Crippen molar-refractivity contribution in [3.05, 3.63) is 0 Å². The van der Waals surface area contributed by atoms with E-state index in [0.717, 1.165) is 0 Å². The number of hydrogen-bond acceptors (Lipinski definition) is 2. The van der Waals surface area contributed by atoms with Gasteiger partial charge in [0.05, 0.1) is 5.54 Å². The van der Waals surface area contributed by atoms with Crippen molar-refractivity contribution in [3.63, 3.8) is 0 Å². The summed E-state index contributed by atoms with van der Waals surface area (Å²) in [7, 11) is 0. The summed E-state index contributed by atoms with van der Waals surface area (Å²) in [5.41, 5.74) is 3.86. The maximum atomic E-state index is 3.21. The standard InChI is InChI=1S/C5H10N2/c1-2-5-3-6-7(5)4-5/h6H,2-4H2,1H3. The Balaban J connectivity index is 2.06. The summed E-state index contributed by atoms with van der Waals surface area (Å²) in [5, 5.41) is 2.30. The van der Waals surface area contributed by atoms with Crippen molar-refractivity contribution in [3.8, 4) is 0 Å². The van der Waals surface area contributed by atoms with Gasteiger partial charge in [0.2, 0.25) is 0 Å². The number of nitrogens with zero attached hydrogens (tertiary/aromatic N) is 1. The highest BCUT2D eigenvalue weighted by Crippen LogP contribution is 2.39. The zero-order chi connectivity index (χ0) is 4.91. The summed E-state index contributed by atoms with van der Waals surface area (Å²) in [6.07, 6.45) is 1.32. The van der Waals surface area contributed by atoms with Gasteiger partial charge in [-0.1, -0.05) is 6.92 Å². The van der Waals surface area contributed by atoms with Gasteiger partial charge < -0.3 is 0 Å². The summed E-state index contributed by atoms with van der Waals surface area (Å²) in [5.74, 6) is 0. The molecule has 2 unspecified atom stereocenters. The minimum atomic E-state index is 0.653. The van der Waals surface area contributed by atoms with Gasteiger partial charge in [-0.25, -0.2) is 5.01 Å². The third-order valence-electron chi connectivity index (χ3n) is 2.18. The van der Waals surface area contributed by atoms with Gasteiger partial charge in [0.15, 0.2) is 0 Å². The van der Waals surface area contributed by atoms with Crippen molar-refractivity contribution >= 4 is 0 Å². The van der Waals surface area contributed by atoms with Gasteiger partial charge in [0.1, 0.15) is 0 Å². The Bertz CT molecular complexity index is 92.7. The molecule has 2 nitrogen and oxygen atoms in total. The highest BCUT2D eigenvalue weighted by atomic mass is 15.7. The quantitative estimate of drug-likeness (QED) is 0.463. The lowest BCUT2D eigenvalue weighted by Crippen LogP contribution is -2.48. The van der Waals surface area contributed by atoms with Gasteiger partial charge in [-0.15, -0.1) is 0 Å². The van der Waals surface area contributed by atoms with Crippen LogP contribution >= 0.6 is 0 Å². The first-order valence-corrected chi connectivity index (χ1v) is 2.88. The minimum Gasteiger partial charge on any atom is -0.253 e. The molecule has 0 saturated carbocycles. The first-order chi connectivity index (χ1) is 3.37. The first kappa shape index (κ1) is 3.87. The molecule has 0 amide bonds. The van der Waals surface area contributed by atoms with Crippen molar-refractivity contribution in [1.29, 1.82) is 0 Å². The van der Waals surface area contributed by atoms with Crippen LogP contribution in [0.1, 0.15) is 13.3 Å². The molecule has 0 aromatic heterocycles. The maximum Gasteiger partial charge on any atom is 0.0631 e. The fourth-order valence-electron chi connectivity index (χ4n) is 1.21. The van der Waals surface area contributed by atoms with Crippen molar-refractivity contribution in [1.82, 2.24) is 10.4 Å². The third kappa shape index (κ3) is 0.283. The highest BCUT2D eigenvalue weighted by molar-refractivity contribution is 5.12. The van der Waals surface area contributed by atoms with Crippen molar-refractivity contribution < 1.29 is 0 Å².